The van der Waals surface area contributed by atoms with Crippen LogP contribution in [0.3, 0.4) is 0 Å². The Bertz CT molecular complexity index is 1100. The van der Waals surface area contributed by atoms with Gasteiger partial charge in [0.2, 0.25) is 0 Å². The number of rotatable bonds is 9. The first kappa shape index (κ1) is 24.9. The van der Waals surface area contributed by atoms with E-state index < -0.39 is 0 Å². The minimum atomic E-state index is 0.00987. The second kappa shape index (κ2) is 11.5. The summed E-state index contributed by atoms with van der Waals surface area (Å²) in [5, 5.41) is 4.96. The van der Waals surface area contributed by atoms with E-state index in [1.54, 1.807) is 7.11 Å². The molecule has 1 fully saturated rings. The number of aromatic nitrogens is 2. The maximum atomic E-state index is 13.5. The molecular weight excluding hydrogens is 438 g/mol. The quantitative estimate of drug-likeness (QED) is 0.470. The highest BCUT2D eigenvalue weighted by Gasteiger charge is 2.27. The van der Waals surface area contributed by atoms with Crippen molar-refractivity contribution in [1.82, 2.24) is 19.6 Å². The predicted octanol–water partition coefficient (Wildman–Crippen LogP) is 3.92. The largest absolute Gasteiger partial charge is 0.383 e. The number of aryl methyl sites for hydroxylation is 2. The van der Waals surface area contributed by atoms with Crippen molar-refractivity contribution in [1.29, 1.82) is 0 Å². The summed E-state index contributed by atoms with van der Waals surface area (Å²) >= 11 is 0. The number of anilines is 1. The number of hydrogen-bond acceptors (Lipinski definition) is 5. The first-order valence-electron chi connectivity index (χ1n) is 12.5. The second-order valence-electron chi connectivity index (χ2n) is 9.14. The molecule has 0 atom stereocenters. The molecule has 1 aliphatic heterocycles. The van der Waals surface area contributed by atoms with Crippen molar-refractivity contribution < 1.29 is 9.53 Å². The highest BCUT2D eigenvalue weighted by atomic mass is 16.5. The van der Waals surface area contributed by atoms with Gasteiger partial charge in [0.25, 0.3) is 5.91 Å². The third-order valence-electron chi connectivity index (χ3n) is 6.78. The van der Waals surface area contributed by atoms with Gasteiger partial charge in [0, 0.05) is 51.0 Å². The third-order valence-corrected chi connectivity index (χ3v) is 6.78. The fraction of sp³-hybridized carbons (Fsp3) is 0.429. The lowest BCUT2D eigenvalue weighted by Crippen LogP contribution is -2.47. The van der Waals surface area contributed by atoms with Gasteiger partial charge in [0.05, 0.1) is 24.5 Å². The maximum absolute atomic E-state index is 13.5. The van der Waals surface area contributed by atoms with Crippen molar-refractivity contribution in [2.24, 2.45) is 0 Å². The highest BCUT2D eigenvalue weighted by molar-refractivity contribution is 5.94. The van der Waals surface area contributed by atoms with E-state index in [9.17, 15) is 4.79 Å². The van der Waals surface area contributed by atoms with Crippen LogP contribution in [0.15, 0.2) is 54.6 Å². The molecule has 3 aromatic rings. The van der Waals surface area contributed by atoms with Crippen LogP contribution in [0.4, 0.5) is 5.82 Å². The van der Waals surface area contributed by atoms with Crippen LogP contribution in [0.25, 0.3) is 5.69 Å². The van der Waals surface area contributed by atoms with E-state index in [1.165, 1.54) is 0 Å². The lowest BCUT2D eigenvalue weighted by molar-refractivity contribution is 0.0680. The molecule has 0 saturated carbocycles. The molecule has 0 radical (unpaired) electrons. The average Bonchev–Trinajstić information content (AvgIpc) is 3.22. The molecule has 0 spiro atoms. The highest BCUT2D eigenvalue weighted by Crippen LogP contribution is 2.30. The Kier molecular flexibility index (Phi) is 8.21. The monoisotopic (exact) mass is 475 g/mol. The Hall–Kier alpha value is -3.16. The lowest BCUT2D eigenvalue weighted by Gasteiger charge is -2.36. The van der Waals surface area contributed by atoms with Crippen LogP contribution in [0.1, 0.15) is 34.1 Å². The predicted molar refractivity (Wildman–Crippen MR) is 140 cm³/mol. The van der Waals surface area contributed by atoms with Crippen molar-refractivity contribution in [3.63, 3.8) is 0 Å². The van der Waals surface area contributed by atoms with Gasteiger partial charge in [-0.1, -0.05) is 42.8 Å². The summed E-state index contributed by atoms with van der Waals surface area (Å²) < 4.78 is 7.41. The molecule has 1 amide bonds. The molecule has 1 aromatic heterocycles. The van der Waals surface area contributed by atoms with Crippen molar-refractivity contribution in [3.8, 4) is 5.69 Å². The zero-order chi connectivity index (χ0) is 24.8. The topological polar surface area (TPSA) is 53.8 Å². The smallest absolute Gasteiger partial charge is 0.254 e. The molecule has 7 nitrogen and oxygen atoms in total. The van der Waals surface area contributed by atoms with E-state index in [2.05, 4.69) is 33.5 Å². The summed E-state index contributed by atoms with van der Waals surface area (Å²) in [4.78, 5) is 20.3. The number of benzene rings is 2. The van der Waals surface area contributed by atoms with Crippen LogP contribution in [-0.2, 0) is 11.3 Å². The zero-order valence-electron chi connectivity index (χ0n) is 21.4. The molecule has 186 valence electrons. The SMILES string of the molecule is CCN1CCN(c2c(CN(CCOC)C(=O)c3ccc(C)cc3)c(C)nn2-c2ccccc2)CC1. The van der Waals surface area contributed by atoms with Crippen molar-refractivity contribution in [2.75, 3.05) is 57.9 Å². The molecule has 0 N–H and O–H groups in total. The van der Waals surface area contributed by atoms with Crippen molar-refractivity contribution in [2.45, 2.75) is 27.3 Å². The number of piperazine rings is 1. The minimum Gasteiger partial charge on any atom is -0.383 e. The van der Waals surface area contributed by atoms with Gasteiger partial charge < -0.3 is 19.4 Å². The molecule has 0 aliphatic carbocycles. The summed E-state index contributed by atoms with van der Waals surface area (Å²) in [6.07, 6.45) is 0. The number of hydrogen-bond donors (Lipinski definition) is 0. The third kappa shape index (κ3) is 5.74. The van der Waals surface area contributed by atoms with Gasteiger partial charge in [-0.2, -0.15) is 5.10 Å². The van der Waals surface area contributed by atoms with E-state index in [1.807, 2.05) is 61.2 Å². The molecule has 0 bridgehead atoms. The van der Waals surface area contributed by atoms with Crippen molar-refractivity contribution >= 4 is 11.7 Å². The molecule has 0 unspecified atom stereocenters. The average molecular weight is 476 g/mol. The number of likely N-dealkylation sites (N-methyl/N-ethyl adjacent to an activating group) is 1. The van der Waals surface area contributed by atoms with E-state index >= 15 is 0 Å². The van der Waals surface area contributed by atoms with Crippen LogP contribution in [0.2, 0.25) is 0 Å². The number of amides is 1. The number of nitrogens with zero attached hydrogens (tertiary/aromatic N) is 5. The van der Waals surface area contributed by atoms with Gasteiger partial charge in [-0.05, 0) is 44.7 Å². The van der Waals surface area contributed by atoms with Crippen LogP contribution < -0.4 is 4.90 Å². The molecule has 7 heteroatoms. The fourth-order valence-electron chi connectivity index (χ4n) is 4.61. The molecule has 35 heavy (non-hydrogen) atoms. The Balaban J connectivity index is 1.71. The lowest BCUT2D eigenvalue weighted by atomic mass is 10.1. The van der Waals surface area contributed by atoms with Gasteiger partial charge in [-0.25, -0.2) is 4.68 Å². The number of para-hydroxylation sites is 1. The molecule has 2 aromatic carbocycles. The summed E-state index contributed by atoms with van der Waals surface area (Å²) in [6, 6.07) is 18.0. The summed E-state index contributed by atoms with van der Waals surface area (Å²) in [7, 11) is 1.67. The van der Waals surface area contributed by atoms with Crippen LogP contribution >= 0.6 is 0 Å². The van der Waals surface area contributed by atoms with E-state index in [0.717, 1.165) is 61.0 Å². The van der Waals surface area contributed by atoms with Crippen LogP contribution in [0.5, 0.6) is 0 Å². The standard InChI is InChI=1S/C28H37N5O2/c1-5-30-15-17-31(18-16-30)27-26(23(3)29-33(27)25-9-7-6-8-10-25)21-32(19-20-35-4)28(34)24-13-11-22(2)12-14-24/h6-14H,5,15-21H2,1-4H3. The first-order valence-corrected chi connectivity index (χ1v) is 12.5. The summed E-state index contributed by atoms with van der Waals surface area (Å²) in [5.41, 5.74) is 4.90. The molecule has 4 rings (SSSR count). The molecule has 2 heterocycles. The molecule has 1 aliphatic rings. The Morgan fingerprint density at radius 1 is 1.00 bits per heavy atom. The number of carbonyl (C=O) groups excluding carboxylic acids is 1. The van der Waals surface area contributed by atoms with Gasteiger partial charge in [-0.3, -0.25) is 4.79 Å². The van der Waals surface area contributed by atoms with E-state index in [-0.39, 0.29) is 5.91 Å². The number of carbonyl (C=O) groups is 1. The normalized spacial score (nSPS) is 14.3. The van der Waals surface area contributed by atoms with E-state index in [4.69, 9.17) is 9.84 Å². The van der Waals surface area contributed by atoms with E-state index in [0.29, 0.717) is 25.3 Å². The van der Waals surface area contributed by atoms with Gasteiger partial charge >= 0.3 is 0 Å². The van der Waals surface area contributed by atoms with Gasteiger partial charge in [-0.15, -0.1) is 0 Å². The van der Waals surface area contributed by atoms with Gasteiger partial charge in [0.15, 0.2) is 0 Å². The maximum Gasteiger partial charge on any atom is 0.254 e. The fourth-order valence-corrected chi connectivity index (χ4v) is 4.61. The Labute approximate surface area is 208 Å². The number of methoxy groups -OCH3 is 1. The second-order valence-corrected chi connectivity index (χ2v) is 9.14. The van der Waals surface area contributed by atoms with Gasteiger partial charge in [0.1, 0.15) is 5.82 Å². The summed E-state index contributed by atoms with van der Waals surface area (Å²) in [5.74, 6) is 1.10. The minimum absolute atomic E-state index is 0.00987. The molecule has 1 saturated heterocycles. The summed E-state index contributed by atoms with van der Waals surface area (Å²) in [6.45, 7) is 12.7. The van der Waals surface area contributed by atoms with Crippen LogP contribution in [-0.4, -0.2) is 78.5 Å². The first-order chi connectivity index (χ1) is 17.0. The zero-order valence-corrected chi connectivity index (χ0v) is 21.4. The number of ether oxygens (including phenoxy) is 1. The Morgan fingerprint density at radius 3 is 2.31 bits per heavy atom. The molecular formula is C28H37N5O2. The van der Waals surface area contributed by atoms with Crippen molar-refractivity contribution in [3.05, 3.63) is 77.0 Å². The van der Waals surface area contributed by atoms with Crippen LogP contribution in [0, 0.1) is 13.8 Å². The Morgan fingerprint density at radius 2 is 1.69 bits per heavy atom.